The van der Waals surface area contributed by atoms with E-state index in [-0.39, 0.29) is 34.6 Å². The molecule has 1 amide bonds. The first-order valence-electron chi connectivity index (χ1n) is 11.4. The Bertz CT molecular complexity index is 1390. The number of halogens is 1. The van der Waals surface area contributed by atoms with Crippen molar-refractivity contribution < 1.29 is 19.1 Å². The van der Waals surface area contributed by atoms with Crippen molar-refractivity contribution in [1.82, 2.24) is 0 Å². The molecular formula is C27H26BrN3O4. The normalized spacial score (nSPS) is 22.8. The van der Waals surface area contributed by atoms with Gasteiger partial charge in [-0.15, -0.1) is 0 Å². The van der Waals surface area contributed by atoms with Crippen LogP contribution in [-0.2, 0) is 24.5 Å². The summed E-state index contributed by atoms with van der Waals surface area (Å²) in [6, 6.07) is 13.0. The Morgan fingerprint density at radius 2 is 1.86 bits per heavy atom. The SMILES string of the molecule is COC(=O)C1=C(N)N(c2ccccc2Br)C2=C(C(=O)CC(C)(C)C2)C12C(=O)Nc1ccc(C)cc12. The lowest BCUT2D eigenvalue weighted by Gasteiger charge is -2.47. The molecule has 5 rings (SSSR count). The van der Waals surface area contributed by atoms with E-state index in [9.17, 15) is 14.4 Å². The van der Waals surface area contributed by atoms with Crippen LogP contribution in [0.3, 0.4) is 0 Å². The van der Waals surface area contributed by atoms with Crippen molar-refractivity contribution in [1.29, 1.82) is 0 Å². The molecule has 3 N–H and O–H groups in total. The molecule has 2 heterocycles. The molecular weight excluding hydrogens is 510 g/mol. The number of hydrogen-bond donors (Lipinski definition) is 2. The van der Waals surface area contributed by atoms with E-state index >= 15 is 0 Å². The minimum absolute atomic E-state index is 0.0515. The molecule has 0 fully saturated rings. The predicted molar refractivity (Wildman–Crippen MR) is 136 cm³/mol. The third-order valence-corrected chi connectivity index (χ3v) is 7.69. The van der Waals surface area contributed by atoms with Crippen molar-refractivity contribution in [3.63, 3.8) is 0 Å². The number of hydrogen-bond acceptors (Lipinski definition) is 6. The Labute approximate surface area is 212 Å². The molecule has 1 unspecified atom stereocenters. The van der Waals surface area contributed by atoms with Crippen molar-refractivity contribution in [2.45, 2.75) is 39.0 Å². The topological polar surface area (TPSA) is 102 Å². The molecule has 2 aromatic carbocycles. The standard InChI is InChI=1S/C27H26BrN3O4/c1-14-9-10-17-15(11-14)27(25(34)30-17)21-19(12-26(2,3)13-20(21)32)31(18-8-6-5-7-16(18)28)23(29)22(27)24(33)35-4/h5-11H,12-13,29H2,1-4H3,(H,30,34). The highest BCUT2D eigenvalue weighted by Gasteiger charge is 2.63. The van der Waals surface area contributed by atoms with Gasteiger partial charge in [-0.1, -0.05) is 43.7 Å². The summed E-state index contributed by atoms with van der Waals surface area (Å²) in [4.78, 5) is 43.1. The molecule has 0 bridgehead atoms. The quantitative estimate of drug-likeness (QED) is 0.550. The number of nitrogens with two attached hydrogens (primary N) is 1. The Morgan fingerprint density at radius 3 is 2.54 bits per heavy atom. The second-order valence-corrected chi connectivity index (χ2v) is 10.9. The number of carbonyl (C=O) groups is 3. The largest absolute Gasteiger partial charge is 0.466 e. The first kappa shape index (κ1) is 23.4. The highest BCUT2D eigenvalue weighted by Crippen LogP contribution is 2.57. The molecule has 8 heteroatoms. The number of aryl methyl sites for hydroxylation is 1. The summed E-state index contributed by atoms with van der Waals surface area (Å²) >= 11 is 3.59. The highest BCUT2D eigenvalue weighted by molar-refractivity contribution is 9.10. The van der Waals surface area contributed by atoms with Crippen LogP contribution >= 0.6 is 15.9 Å². The summed E-state index contributed by atoms with van der Waals surface area (Å²) in [5, 5.41) is 2.90. The third-order valence-electron chi connectivity index (χ3n) is 7.02. The number of fused-ring (bicyclic) bond motifs is 3. The van der Waals surface area contributed by atoms with E-state index in [1.54, 1.807) is 11.0 Å². The maximum absolute atomic E-state index is 14.0. The van der Waals surface area contributed by atoms with Gasteiger partial charge < -0.3 is 15.8 Å². The van der Waals surface area contributed by atoms with Crippen molar-refractivity contribution in [3.05, 3.63) is 80.7 Å². The van der Waals surface area contributed by atoms with Gasteiger partial charge in [0.05, 0.1) is 12.8 Å². The number of allylic oxidation sites excluding steroid dienone is 1. The summed E-state index contributed by atoms with van der Waals surface area (Å²) < 4.78 is 5.92. The fourth-order valence-corrected chi connectivity index (χ4v) is 6.12. The van der Waals surface area contributed by atoms with Gasteiger partial charge in [0.15, 0.2) is 5.78 Å². The molecule has 1 spiro atoms. The highest BCUT2D eigenvalue weighted by atomic mass is 79.9. The zero-order chi connectivity index (χ0) is 25.3. The lowest BCUT2D eigenvalue weighted by atomic mass is 9.60. The number of ether oxygens (including phenoxy) is 1. The fraction of sp³-hybridized carbons (Fsp3) is 0.296. The average molecular weight is 536 g/mol. The molecule has 0 aromatic heterocycles. The molecule has 180 valence electrons. The van der Waals surface area contributed by atoms with E-state index in [4.69, 9.17) is 10.5 Å². The van der Waals surface area contributed by atoms with Crippen LogP contribution in [0.5, 0.6) is 0 Å². The molecule has 2 aliphatic heterocycles. The monoisotopic (exact) mass is 535 g/mol. The molecule has 0 saturated carbocycles. The molecule has 1 atom stereocenters. The van der Waals surface area contributed by atoms with Gasteiger partial charge in [0.1, 0.15) is 16.8 Å². The maximum atomic E-state index is 14.0. The van der Waals surface area contributed by atoms with Gasteiger partial charge in [-0.05, 0) is 52.9 Å². The molecule has 3 aliphatic rings. The number of para-hydroxylation sites is 1. The van der Waals surface area contributed by atoms with Crippen LogP contribution in [0, 0.1) is 12.3 Å². The lowest BCUT2D eigenvalue weighted by molar-refractivity contribution is -0.138. The molecule has 2 aromatic rings. The minimum atomic E-state index is -1.70. The fourth-order valence-electron chi connectivity index (χ4n) is 5.66. The van der Waals surface area contributed by atoms with Crippen LogP contribution in [0.1, 0.15) is 37.8 Å². The van der Waals surface area contributed by atoms with Gasteiger partial charge in [0, 0.05) is 33.4 Å². The van der Waals surface area contributed by atoms with Gasteiger partial charge in [0.25, 0.3) is 0 Å². The summed E-state index contributed by atoms with van der Waals surface area (Å²) in [6.07, 6.45) is 0.723. The van der Waals surface area contributed by atoms with Gasteiger partial charge in [-0.2, -0.15) is 0 Å². The number of Topliss-reactive ketones (excluding diaryl/α,β-unsaturated/α-hetero) is 1. The van der Waals surface area contributed by atoms with E-state index in [1.165, 1.54) is 7.11 Å². The first-order valence-corrected chi connectivity index (χ1v) is 12.1. The summed E-state index contributed by atoms with van der Waals surface area (Å²) in [5.74, 6) is -1.36. The second-order valence-electron chi connectivity index (χ2n) is 10.1. The number of carbonyl (C=O) groups excluding carboxylic acids is 3. The number of amides is 1. The van der Waals surface area contributed by atoms with E-state index in [1.807, 2.05) is 57.2 Å². The van der Waals surface area contributed by atoms with Gasteiger partial charge in [-0.25, -0.2) is 4.79 Å². The van der Waals surface area contributed by atoms with Crippen LogP contribution in [0.4, 0.5) is 11.4 Å². The number of nitrogens with one attached hydrogen (secondary N) is 1. The molecule has 0 saturated heterocycles. The van der Waals surface area contributed by atoms with Crippen LogP contribution in [0.15, 0.2) is 69.6 Å². The smallest absolute Gasteiger partial charge is 0.339 e. The maximum Gasteiger partial charge on any atom is 0.339 e. The lowest BCUT2D eigenvalue weighted by Crippen LogP contribution is -2.54. The molecule has 7 nitrogen and oxygen atoms in total. The molecule has 0 radical (unpaired) electrons. The van der Waals surface area contributed by atoms with Crippen molar-refractivity contribution in [3.8, 4) is 0 Å². The number of ketones is 1. The minimum Gasteiger partial charge on any atom is -0.466 e. The van der Waals surface area contributed by atoms with Crippen LogP contribution in [0.2, 0.25) is 0 Å². The first-order chi connectivity index (χ1) is 16.5. The Hall–Kier alpha value is -3.39. The third kappa shape index (κ3) is 3.19. The number of rotatable bonds is 2. The summed E-state index contributed by atoms with van der Waals surface area (Å²) in [5.41, 5.74) is 8.24. The average Bonchev–Trinajstić information content (AvgIpc) is 3.05. The van der Waals surface area contributed by atoms with E-state index in [0.717, 1.165) is 10.0 Å². The van der Waals surface area contributed by atoms with E-state index in [2.05, 4.69) is 21.2 Å². The zero-order valence-electron chi connectivity index (χ0n) is 20.0. The predicted octanol–water partition coefficient (Wildman–Crippen LogP) is 4.45. The van der Waals surface area contributed by atoms with Crippen molar-refractivity contribution in [2.24, 2.45) is 11.1 Å². The van der Waals surface area contributed by atoms with Gasteiger partial charge >= 0.3 is 5.97 Å². The number of anilines is 2. The van der Waals surface area contributed by atoms with Crippen LogP contribution < -0.4 is 16.0 Å². The number of benzene rings is 2. The number of methoxy groups -OCH3 is 1. The van der Waals surface area contributed by atoms with Crippen LogP contribution in [0.25, 0.3) is 0 Å². The van der Waals surface area contributed by atoms with Gasteiger partial charge in [-0.3, -0.25) is 14.5 Å². The summed E-state index contributed by atoms with van der Waals surface area (Å²) in [7, 11) is 1.25. The number of esters is 1. The van der Waals surface area contributed by atoms with Crippen molar-refractivity contribution in [2.75, 3.05) is 17.3 Å². The summed E-state index contributed by atoms with van der Waals surface area (Å²) in [6.45, 7) is 5.93. The van der Waals surface area contributed by atoms with Crippen LogP contribution in [-0.4, -0.2) is 24.8 Å². The van der Waals surface area contributed by atoms with Crippen molar-refractivity contribution >= 4 is 45.0 Å². The zero-order valence-corrected chi connectivity index (χ0v) is 21.6. The van der Waals surface area contributed by atoms with E-state index < -0.39 is 17.3 Å². The Kier molecular flexibility index (Phi) is 5.21. The molecule has 35 heavy (non-hydrogen) atoms. The Balaban J connectivity index is 1.96. The van der Waals surface area contributed by atoms with E-state index in [0.29, 0.717) is 29.1 Å². The second kappa shape index (κ2) is 7.81. The Morgan fingerprint density at radius 1 is 1.14 bits per heavy atom. The number of nitrogens with zero attached hydrogens (tertiary/aromatic N) is 1. The molecule has 1 aliphatic carbocycles. The van der Waals surface area contributed by atoms with Gasteiger partial charge in [0.2, 0.25) is 5.91 Å².